The molecule has 212 valence electrons. The fourth-order valence-corrected chi connectivity index (χ4v) is 3.30. The molecule has 0 spiro atoms. The number of methoxy groups -OCH3 is 1. The Morgan fingerprint density at radius 3 is 2.23 bits per heavy atom. The molecule has 0 unspecified atom stereocenters. The molecule has 2 amide bonds. The minimum atomic E-state index is -4.52. The van der Waals surface area contributed by atoms with Crippen molar-refractivity contribution < 1.29 is 32.2 Å². The van der Waals surface area contributed by atoms with Gasteiger partial charge >= 0.3 is 12.3 Å². The Morgan fingerprint density at radius 2 is 1.65 bits per heavy atom. The number of hydrogen-bond acceptors (Lipinski definition) is 6. The van der Waals surface area contributed by atoms with Crippen LogP contribution in [0.1, 0.15) is 31.1 Å². The Hall–Kier alpha value is -4.81. The van der Waals surface area contributed by atoms with Gasteiger partial charge in [-0.3, -0.25) is 10.1 Å². The molecule has 0 aliphatic rings. The van der Waals surface area contributed by atoms with E-state index in [-0.39, 0.29) is 17.3 Å². The third kappa shape index (κ3) is 9.19. The van der Waals surface area contributed by atoms with Gasteiger partial charge in [-0.1, -0.05) is 12.1 Å². The standard InChI is InChI=1S/C27H29F3N6O4/c1-26(2,3)40-25(38)34-19-9-5-16(6-10-19)18-8-12-22(32-14-18)36-24(31)35-20-11-7-17(13-21(20)39-4)23(37)33-15-27(28,29)30/h5-14H,15H2,1-4H3,(H,33,37)(H,34,38)(H3,31,32,35,36). The van der Waals surface area contributed by atoms with Crippen molar-refractivity contribution in [1.82, 2.24) is 10.3 Å². The highest BCUT2D eigenvalue weighted by molar-refractivity contribution is 5.98. The van der Waals surface area contributed by atoms with Gasteiger partial charge in [0.15, 0.2) is 11.8 Å². The highest BCUT2D eigenvalue weighted by atomic mass is 19.4. The number of halogens is 3. The lowest BCUT2D eigenvalue weighted by atomic mass is 10.1. The molecule has 40 heavy (non-hydrogen) atoms. The number of carbonyl (C=O) groups is 2. The van der Waals surface area contributed by atoms with Gasteiger partial charge in [0, 0.05) is 23.0 Å². The number of nitrogens with one attached hydrogen (secondary N) is 3. The van der Waals surface area contributed by atoms with Crippen molar-refractivity contribution in [3.05, 3.63) is 66.4 Å². The summed E-state index contributed by atoms with van der Waals surface area (Å²) in [6.45, 7) is 3.90. The Bertz CT molecular complexity index is 1370. The van der Waals surface area contributed by atoms with E-state index in [9.17, 15) is 22.8 Å². The van der Waals surface area contributed by atoms with Crippen molar-refractivity contribution in [3.63, 3.8) is 0 Å². The molecule has 0 aliphatic heterocycles. The summed E-state index contributed by atoms with van der Waals surface area (Å²) in [6, 6.07) is 14.6. The van der Waals surface area contributed by atoms with Crippen LogP contribution in [0.4, 0.5) is 35.2 Å². The van der Waals surface area contributed by atoms with Gasteiger partial charge in [-0.2, -0.15) is 18.2 Å². The van der Waals surface area contributed by atoms with Crippen LogP contribution in [0, 0.1) is 0 Å². The molecular weight excluding hydrogens is 529 g/mol. The number of amides is 2. The molecule has 1 aromatic heterocycles. The molecule has 0 saturated heterocycles. The van der Waals surface area contributed by atoms with Crippen molar-refractivity contribution in [1.29, 1.82) is 0 Å². The number of hydrogen-bond donors (Lipinski definition) is 4. The van der Waals surface area contributed by atoms with Crippen molar-refractivity contribution >= 4 is 35.2 Å². The van der Waals surface area contributed by atoms with E-state index in [2.05, 4.69) is 20.6 Å². The van der Waals surface area contributed by atoms with Crippen LogP contribution in [0.3, 0.4) is 0 Å². The topological polar surface area (TPSA) is 140 Å². The number of guanidine groups is 1. The number of nitrogens with two attached hydrogens (primary N) is 1. The summed E-state index contributed by atoms with van der Waals surface area (Å²) in [6.07, 6.45) is -3.46. The molecular formula is C27H29F3N6O4. The number of nitrogens with zero attached hydrogens (tertiary/aromatic N) is 2. The zero-order chi connectivity index (χ0) is 29.5. The van der Waals surface area contributed by atoms with Gasteiger partial charge in [-0.15, -0.1) is 0 Å². The van der Waals surface area contributed by atoms with Gasteiger partial charge in [-0.25, -0.2) is 9.78 Å². The van der Waals surface area contributed by atoms with E-state index in [4.69, 9.17) is 15.2 Å². The third-order valence-electron chi connectivity index (χ3n) is 5.02. The smallest absolute Gasteiger partial charge is 0.412 e. The summed E-state index contributed by atoms with van der Waals surface area (Å²) in [5.74, 6) is -0.461. The lowest BCUT2D eigenvalue weighted by Crippen LogP contribution is -2.33. The molecule has 3 rings (SSSR count). The predicted molar refractivity (Wildman–Crippen MR) is 146 cm³/mol. The van der Waals surface area contributed by atoms with Crippen molar-refractivity contribution in [3.8, 4) is 16.9 Å². The summed E-state index contributed by atoms with van der Waals surface area (Å²) in [7, 11) is 1.34. The van der Waals surface area contributed by atoms with Crippen LogP contribution in [-0.4, -0.2) is 48.4 Å². The highest BCUT2D eigenvalue weighted by Gasteiger charge is 2.28. The van der Waals surface area contributed by atoms with Crippen molar-refractivity contribution in [2.24, 2.45) is 10.7 Å². The number of aliphatic imine (C=N–C) groups is 1. The Labute approximate surface area is 228 Å². The zero-order valence-electron chi connectivity index (χ0n) is 22.2. The third-order valence-corrected chi connectivity index (χ3v) is 5.02. The van der Waals surface area contributed by atoms with Crippen molar-refractivity contribution in [2.75, 3.05) is 24.3 Å². The number of rotatable bonds is 7. The van der Waals surface area contributed by atoms with Crippen LogP contribution in [0.25, 0.3) is 11.1 Å². The van der Waals surface area contributed by atoms with Crippen LogP contribution >= 0.6 is 0 Å². The molecule has 3 aromatic rings. The normalized spacial score (nSPS) is 11.9. The van der Waals surface area contributed by atoms with Crippen LogP contribution in [-0.2, 0) is 4.74 Å². The average Bonchev–Trinajstić information content (AvgIpc) is 2.87. The summed E-state index contributed by atoms with van der Waals surface area (Å²) in [5.41, 5.74) is 7.95. The Balaban J connectivity index is 1.64. The van der Waals surface area contributed by atoms with Gasteiger partial charge in [-0.05, 0) is 68.8 Å². The SMILES string of the molecule is COc1cc(C(=O)NCC(F)(F)F)ccc1NC(N)=Nc1ccc(-c2ccc(NC(=O)OC(C)(C)C)cc2)cn1. The summed E-state index contributed by atoms with van der Waals surface area (Å²) < 4.78 is 47.6. The number of carbonyl (C=O) groups excluding carboxylic acids is 2. The van der Waals surface area contributed by atoms with E-state index in [1.165, 1.54) is 25.3 Å². The second kappa shape index (κ2) is 12.4. The van der Waals surface area contributed by atoms with Gasteiger partial charge in [0.1, 0.15) is 17.9 Å². The summed E-state index contributed by atoms with van der Waals surface area (Å²) >= 11 is 0. The van der Waals surface area contributed by atoms with E-state index >= 15 is 0 Å². The fraction of sp³-hybridized carbons (Fsp3) is 0.259. The molecule has 0 bridgehead atoms. The molecule has 5 N–H and O–H groups in total. The van der Waals surface area contributed by atoms with Crippen molar-refractivity contribution in [2.45, 2.75) is 32.5 Å². The summed E-state index contributed by atoms with van der Waals surface area (Å²) in [5, 5.41) is 7.29. The van der Waals surface area contributed by atoms with E-state index in [1.807, 2.05) is 12.1 Å². The second-order valence-electron chi connectivity index (χ2n) is 9.44. The number of pyridine rings is 1. The van der Waals surface area contributed by atoms with E-state index in [0.29, 0.717) is 17.2 Å². The summed E-state index contributed by atoms with van der Waals surface area (Å²) in [4.78, 5) is 32.4. The molecule has 0 saturated carbocycles. The van der Waals surface area contributed by atoms with E-state index in [0.717, 1.165) is 11.1 Å². The first kappa shape index (κ1) is 29.7. The number of ether oxygens (including phenoxy) is 2. The maximum absolute atomic E-state index is 12.4. The molecule has 10 nitrogen and oxygen atoms in total. The quantitative estimate of drug-likeness (QED) is 0.223. The second-order valence-corrected chi connectivity index (χ2v) is 9.44. The van der Waals surface area contributed by atoms with Crippen LogP contribution in [0.2, 0.25) is 0 Å². The maximum atomic E-state index is 12.4. The Kier molecular flexibility index (Phi) is 9.19. The lowest BCUT2D eigenvalue weighted by Gasteiger charge is -2.19. The zero-order valence-corrected chi connectivity index (χ0v) is 22.2. The molecule has 0 atom stereocenters. The fourth-order valence-electron chi connectivity index (χ4n) is 3.30. The van der Waals surface area contributed by atoms with Gasteiger partial charge in [0.2, 0.25) is 0 Å². The minimum absolute atomic E-state index is 0.0203. The average molecular weight is 559 g/mol. The largest absolute Gasteiger partial charge is 0.495 e. The Morgan fingerprint density at radius 1 is 0.975 bits per heavy atom. The number of alkyl halides is 3. The van der Waals surface area contributed by atoms with E-state index < -0.39 is 30.3 Å². The van der Waals surface area contributed by atoms with Gasteiger partial charge in [0.25, 0.3) is 5.91 Å². The maximum Gasteiger partial charge on any atom is 0.412 e. The van der Waals surface area contributed by atoms with Crippen LogP contribution in [0.5, 0.6) is 5.75 Å². The van der Waals surface area contributed by atoms with E-state index in [1.54, 1.807) is 56.6 Å². The minimum Gasteiger partial charge on any atom is -0.495 e. The molecule has 1 heterocycles. The van der Waals surface area contributed by atoms with Crippen LogP contribution < -0.4 is 26.4 Å². The first-order valence-corrected chi connectivity index (χ1v) is 11.9. The first-order valence-electron chi connectivity index (χ1n) is 11.9. The molecule has 0 radical (unpaired) electrons. The molecule has 2 aromatic carbocycles. The van der Waals surface area contributed by atoms with Gasteiger partial charge < -0.3 is 25.8 Å². The number of benzene rings is 2. The van der Waals surface area contributed by atoms with Crippen LogP contribution in [0.15, 0.2) is 65.8 Å². The van der Waals surface area contributed by atoms with Gasteiger partial charge in [0.05, 0.1) is 12.8 Å². The molecule has 13 heteroatoms. The molecule has 0 aliphatic carbocycles. The monoisotopic (exact) mass is 558 g/mol. The number of aromatic nitrogens is 1. The highest BCUT2D eigenvalue weighted by Crippen LogP contribution is 2.27. The predicted octanol–water partition coefficient (Wildman–Crippen LogP) is 5.45. The number of anilines is 2. The lowest BCUT2D eigenvalue weighted by molar-refractivity contribution is -0.123. The molecule has 0 fully saturated rings. The first-order chi connectivity index (χ1) is 18.7.